The van der Waals surface area contributed by atoms with E-state index in [9.17, 15) is 9.59 Å². The zero-order valence-corrected chi connectivity index (χ0v) is 23.3. The van der Waals surface area contributed by atoms with Gasteiger partial charge in [0.2, 0.25) is 6.29 Å². The maximum Gasteiger partial charge on any atom is 0.337 e. The number of amides is 1. The Labute approximate surface area is 238 Å². The van der Waals surface area contributed by atoms with Crippen molar-refractivity contribution < 1.29 is 38.4 Å². The number of hydrogen-bond donors (Lipinski definition) is 3. The number of H-pyrrole nitrogens is 1. The Morgan fingerprint density at radius 1 is 1.05 bits per heavy atom. The van der Waals surface area contributed by atoms with Gasteiger partial charge in [-0.15, -0.1) is 0 Å². The lowest BCUT2D eigenvalue weighted by Crippen LogP contribution is -2.39. The van der Waals surface area contributed by atoms with Gasteiger partial charge in [0, 0.05) is 25.0 Å². The average molecular weight is 568 g/mol. The number of aromatic nitrogens is 2. The van der Waals surface area contributed by atoms with Gasteiger partial charge >= 0.3 is 5.97 Å². The monoisotopic (exact) mass is 567 g/mol. The Morgan fingerprint density at radius 3 is 2.51 bits per heavy atom. The molecule has 2 heterocycles. The van der Waals surface area contributed by atoms with Crippen molar-refractivity contribution in [1.82, 2.24) is 15.3 Å². The molecule has 0 aliphatic carbocycles. The average Bonchev–Trinajstić information content (AvgIpc) is 3.42. The van der Waals surface area contributed by atoms with Crippen LogP contribution in [0.3, 0.4) is 0 Å². The summed E-state index contributed by atoms with van der Waals surface area (Å²) in [5, 5.41) is 11.7. The molecule has 0 saturated heterocycles. The van der Waals surface area contributed by atoms with Crippen molar-refractivity contribution in [3.05, 3.63) is 77.3 Å². The zero-order valence-electron chi connectivity index (χ0n) is 23.3. The number of imidazole rings is 1. The molecule has 3 aromatic rings. The highest BCUT2D eigenvalue weighted by molar-refractivity contribution is 5.92. The van der Waals surface area contributed by atoms with Crippen LogP contribution in [0.15, 0.2) is 60.4 Å². The topological polar surface area (TPSA) is 141 Å². The smallest absolute Gasteiger partial charge is 0.337 e. The number of aromatic amines is 1. The van der Waals surface area contributed by atoms with Gasteiger partial charge in [-0.3, -0.25) is 4.79 Å². The van der Waals surface area contributed by atoms with Gasteiger partial charge in [0.15, 0.2) is 5.76 Å². The van der Waals surface area contributed by atoms with E-state index >= 15 is 0 Å². The Balaban J connectivity index is 1.52. The van der Waals surface area contributed by atoms with Crippen LogP contribution in [-0.4, -0.2) is 80.0 Å². The first-order chi connectivity index (χ1) is 20.0. The number of allylic oxidation sites excluding steroid dienone is 1. The summed E-state index contributed by atoms with van der Waals surface area (Å²) in [6.07, 6.45) is 1.68. The second kappa shape index (κ2) is 15.3. The Hall–Kier alpha value is -3.77. The van der Waals surface area contributed by atoms with Gasteiger partial charge in [-0.05, 0) is 49.2 Å². The van der Waals surface area contributed by atoms with E-state index in [0.29, 0.717) is 44.2 Å². The van der Waals surface area contributed by atoms with E-state index in [1.807, 2.05) is 43.3 Å². The van der Waals surface area contributed by atoms with E-state index in [1.165, 1.54) is 7.11 Å². The SMILES string of the molecule is CCO[C@@H]1OC(C(=O)NCc2nc3ccccc3[nH]2)=C[C@H](c2ccc(C(=O)OC)cc2)[C@H]1CCOCCOCCO. The van der Waals surface area contributed by atoms with Crippen LogP contribution in [0.1, 0.15) is 41.0 Å². The molecule has 3 atom stereocenters. The summed E-state index contributed by atoms with van der Waals surface area (Å²) < 4.78 is 27.9. The molecule has 0 bridgehead atoms. The summed E-state index contributed by atoms with van der Waals surface area (Å²) in [7, 11) is 1.34. The lowest BCUT2D eigenvalue weighted by Gasteiger charge is -2.37. The van der Waals surface area contributed by atoms with Crippen LogP contribution < -0.4 is 5.32 Å². The Morgan fingerprint density at radius 2 is 1.80 bits per heavy atom. The fourth-order valence-corrected chi connectivity index (χ4v) is 4.72. The molecule has 41 heavy (non-hydrogen) atoms. The molecular weight excluding hydrogens is 530 g/mol. The number of para-hydroxylation sites is 2. The quantitative estimate of drug-likeness (QED) is 0.187. The fraction of sp³-hybridized carbons (Fsp3) is 0.433. The molecule has 0 unspecified atom stereocenters. The van der Waals surface area contributed by atoms with E-state index in [-0.39, 0.29) is 43.3 Å². The van der Waals surface area contributed by atoms with E-state index in [1.54, 1.807) is 18.2 Å². The minimum atomic E-state index is -0.698. The molecular formula is C30H37N3O8. The third-order valence-electron chi connectivity index (χ3n) is 6.71. The molecule has 1 aliphatic rings. The molecule has 1 aromatic heterocycles. The number of aliphatic hydroxyl groups excluding tert-OH is 1. The van der Waals surface area contributed by atoms with Crippen molar-refractivity contribution in [3.63, 3.8) is 0 Å². The highest BCUT2D eigenvalue weighted by Gasteiger charge is 2.38. The van der Waals surface area contributed by atoms with Crippen molar-refractivity contribution in [1.29, 1.82) is 0 Å². The van der Waals surface area contributed by atoms with Gasteiger partial charge in [-0.2, -0.15) is 0 Å². The van der Waals surface area contributed by atoms with Crippen molar-refractivity contribution in [3.8, 4) is 0 Å². The second-order valence-corrected chi connectivity index (χ2v) is 9.40. The van der Waals surface area contributed by atoms with Gasteiger partial charge < -0.3 is 39.1 Å². The number of carbonyl (C=O) groups excluding carboxylic acids is 2. The van der Waals surface area contributed by atoms with Crippen LogP contribution in [0.4, 0.5) is 0 Å². The fourth-order valence-electron chi connectivity index (χ4n) is 4.72. The second-order valence-electron chi connectivity index (χ2n) is 9.40. The molecule has 11 heteroatoms. The molecule has 0 spiro atoms. The first kappa shape index (κ1) is 30.2. The lowest BCUT2D eigenvalue weighted by atomic mass is 9.81. The number of aliphatic hydroxyl groups is 1. The number of esters is 1. The molecule has 3 N–H and O–H groups in total. The standard InChI is InChI=1S/C30H37N3O8/c1-3-40-30-22(12-14-38-16-17-39-15-13-34)23(20-8-10-21(11-9-20)29(36)37-2)18-26(41-30)28(35)31-19-27-32-24-6-4-5-7-25(24)33-27/h4-11,18,22-23,30,34H,3,12-17,19H2,1-2H3,(H,31,35)(H,32,33)/t22-,23-,30-/m1/s1. The summed E-state index contributed by atoms with van der Waals surface area (Å²) in [6, 6.07) is 14.8. The summed E-state index contributed by atoms with van der Waals surface area (Å²) in [4.78, 5) is 33.0. The number of nitrogens with zero attached hydrogens (tertiary/aromatic N) is 1. The number of nitrogens with one attached hydrogen (secondary N) is 2. The largest absolute Gasteiger partial charge is 0.465 e. The normalized spacial score (nSPS) is 18.5. The van der Waals surface area contributed by atoms with Crippen molar-refractivity contribution in [2.24, 2.45) is 5.92 Å². The number of benzene rings is 2. The summed E-state index contributed by atoms with van der Waals surface area (Å²) in [6.45, 7) is 3.86. The van der Waals surface area contributed by atoms with Gasteiger partial charge in [0.25, 0.3) is 5.91 Å². The molecule has 2 aromatic carbocycles. The molecule has 0 saturated carbocycles. The first-order valence-corrected chi connectivity index (χ1v) is 13.7. The number of methoxy groups -OCH3 is 1. The minimum absolute atomic E-state index is 0.0353. The molecule has 1 aliphatic heterocycles. The van der Waals surface area contributed by atoms with E-state index < -0.39 is 12.3 Å². The van der Waals surface area contributed by atoms with Crippen molar-refractivity contribution >= 4 is 22.9 Å². The maximum atomic E-state index is 13.3. The Bertz CT molecular complexity index is 1270. The van der Waals surface area contributed by atoms with Crippen molar-refractivity contribution in [2.75, 3.05) is 46.8 Å². The number of hydrogen-bond acceptors (Lipinski definition) is 9. The zero-order chi connectivity index (χ0) is 29.0. The molecule has 220 valence electrons. The summed E-state index contributed by atoms with van der Waals surface area (Å²) in [5.74, 6) is -0.466. The predicted octanol–water partition coefficient (Wildman–Crippen LogP) is 3.06. The third kappa shape index (κ3) is 8.14. The minimum Gasteiger partial charge on any atom is -0.465 e. The van der Waals surface area contributed by atoms with Crippen LogP contribution in [-0.2, 0) is 35.0 Å². The van der Waals surface area contributed by atoms with Crippen LogP contribution in [0.2, 0.25) is 0 Å². The van der Waals surface area contributed by atoms with Crippen LogP contribution in [0.25, 0.3) is 11.0 Å². The number of carbonyl (C=O) groups is 2. The highest BCUT2D eigenvalue weighted by atomic mass is 16.7. The first-order valence-electron chi connectivity index (χ1n) is 13.7. The lowest BCUT2D eigenvalue weighted by molar-refractivity contribution is -0.168. The summed E-state index contributed by atoms with van der Waals surface area (Å²) >= 11 is 0. The van der Waals surface area contributed by atoms with Gasteiger partial charge in [-0.1, -0.05) is 24.3 Å². The van der Waals surface area contributed by atoms with E-state index in [4.69, 9.17) is 28.8 Å². The number of fused-ring (bicyclic) bond motifs is 1. The number of ether oxygens (including phenoxy) is 5. The summed E-state index contributed by atoms with van der Waals surface area (Å²) in [5.41, 5.74) is 3.04. The molecule has 0 fully saturated rings. The van der Waals surface area contributed by atoms with Gasteiger partial charge in [0.05, 0.1) is 56.7 Å². The molecule has 4 rings (SSSR count). The van der Waals surface area contributed by atoms with Gasteiger partial charge in [-0.25, -0.2) is 9.78 Å². The molecule has 1 amide bonds. The van der Waals surface area contributed by atoms with Gasteiger partial charge in [0.1, 0.15) is 5.82 Å². The highest BCUT2D eigenvalue weighted by Crippen LogP contribution is 2.39. The molecule has 11 nitrogen and oxygen atoms in total. The predicted molar refractivity (Wildman–Crippen MR) is 150 cm³/mol. The number of rotatable bonds is 15. The van der Waals surface area contributed by atoms with Crippen molar-refractivity contribution in [2.45, 2.75) is 32.1 Å². The Kier molecular flexibility index (Phi) is 11.3. The van der Waals surface area contributed by atoms with E-state index in [2.05, 4.69) is 15.3 Å². The van der Waals surface area contributed by atoms with Crippen LogP contribution in [0, 0.1) is 5.92 Å². The third-order valence-corrected chi connectivity index (χ3v) is 6.71. The van der Waals surface area contributed by atoms with E-state index in [0.717, 1.165) is 16.6 Å². The van der Waals surface area contributed by atoms with Crippen LogP contribution in [0.5, 0.6) is 0 Å². The maximum absolute atomic E-state index is 13.3. The molecule has 0 radical (unpaired) electrons. The van der Waals surface area contributed by atoms with Crippen LogP contribution >= 0.6 is 0 Å².